The summed E-state index contributed by atoms with van der Waals surface area (Å²) in [5.41, 5.74) is 1.43. The number of hydrogen-bond acceptors (Lipinski definition) is 4. The van der Waals surface area contributed by atoms with Gasteiger partial charge in [0.25, 0.3) is 0 Å². The van der Waals surface area contributed by atoms with Crippen LogP contribution in [0.4, 0.5) is 8.78 Å². The summed E-state index contributed by atoms with van der Waals surface area (Å²) in [5, 5.41) is 5.99. The molecule has 0 heterocycles. The Kier molecular flexibility index (Phi) is 9.09. The number of aryl methyl sites for hydroxylation is 1. The molecule has 0 unspecified atom stereocenters. The summed E-state index contributed by atoms with van der Waals surface area (Å²) in [4.78, 5) is 4.36. The lowest BCUT2D eigenvalue weighted by atomic mass is 9.86. The number of nitrogens with zero attached hydrogens (tertiary/aromatic N) is 1. The molecule has 0 aliphatic heterocycles. The van der Waals surface area contributed by atoms with E-state index in [1.54, 1.807) is 12.1 Å². The Bertz CT molecular complexity index is 784. The summed E-state index contributed by atoms with van der Waals surface area (Å²) < 4.78 is 56.5. The van der Waals surface area contributed by atoms with Gasteiger partial charge in [-0.25, -0.2) is 18.1 Å². The van der Waals surface area contributed by atoms with Gasteiger partial charge < -0.3 is 15.4 Å². The van der Waals surface area contributed by atoms with E-state index >= 15 is 0 Å². The van der Waals surface area contributed by atoms with Gasteiger partial charge in [0.1, 0.15) is 5.75 Å². The van der Waals surface area contributed by atoms with Gasteiger partial charge in [-0.05, 0) is 38.7 Å². The van der Waals surface area contributed by atoms with Crippen molar-refractivity contribution in [3.05, 3.63) is 29.3 Å². The second kappa shape index (κ2) is 11.3. The number of guanidine groups is 1. The monoisotopic (exact) mass is 432 g/mol. The molecule has 1 saturated carbocycles. The molecule has 164 valence electrons. The number of sulfonamides is 1. The Morgan fingerprint density at radius 3 is 2.69 bits per heavy atom. The van der Waals surface area contributed by atoms with E-state index in [-0.39, 0.29) is 24.6 Å². The van der Waals surface area contributed by atoms with Crippen LogP contribution in [-0.2, 0) is 16.6 Å². The molecule has 29 heavy (non-hydrogen) atoms. The smallest absolute Gasteiger partial charge is 0.387 e. The van der Waals surface area contributed by atoms with Crippen LogP contribution in [0, 0.1) is 12.8 Å². The van der Waals surface area contributed by atoms with Gasteiger partial charge in [0.15, 0.2) is 5.96 Å². The SMILES string of the molecule is CCNC(=NCc1cc(C)ccc1OC(F)F)NCCS(=O)(=O)NCC1CCC1. The molecule has 0 bridgehead atoms. The molecular weight excluding hydrogens is 402 g/mol. The lowest BCUT2D eigenvalue weighted by Crippen LogP contribution is -2.42. The van der Waals surface area contributed by atoms with E-state index in [1.165, 1.54) is 12.5 Å². The molecule has 1 aliphatic rings. The second-order valence-corrected chi connectivity index (χ2v) is 9.00. The first-order chi connectivity index (χ1) is 13.8. The lowest BCUT2D eigenvalue weighted by molar-refractivity contribution is -0.0504. The molecule has 0 spiro atoms. The highest BCUT2D eigenvalue weighted by molar-refractivity contribution is 7.89. The first-order valence-corrected chi connectivity index (χ1v) is 11.5. The van der Waals surface area contributed by atoms with Crippen LogP contribution in [0.3, 0.4) is 0 Å². The van der Waals surface area contributed by atoms with Crippen LogP contribution in [0.25, 0.3) is 0 Å². The third kappa shape index (κ3) is 8.53. The molecule has 7 nitrogen and oxygen atoms in total. The molecule has 2 rings (SSSR count). The van der Waals surface area contributed by atoms with Gasteiger partial charge in [0, 0.05) is 25.2 Å². The van der Waals surface area contributed by atoms with Crippen LogP contribution in [-0.4, -0.2) is 46.4 Å². The average molecular weight is 433 g/mol. The number of ether oxygens (including phenoxy) is 1. The van der Waals surface area contributed by atoms with Crippen molar-refractivity contribution in [2.45, 2.75) is 46.3 Å². The molecule has 0 saturated heterocycles. The van der Waals surface area contributed by atoms with E-state index in [0.717, 1.165) is 18.4 Å². The maximum atomic E-state index is 12.6. The highest BCUT2D eigenvalue weighted by atomic mass is 32.2. The molecule has 0 amide bonds. The molecule has 1 aromatic rings. The van der Waals surface area contributed by atoms with Crippen LogP contribution in [0.5, 0.6) is 5.75 Å². The Hall–Kier alpha value is -1.94. The molecule has 0 aromatic heterocycles. The minimum Gasteiger partial charge on any atom is -0.434 e. The zero-order chi connectivity index (χ0) is 21.3. The Balaban J connectivity index is 1.91. The summed E-state index contributed by atoms with van der Waals surface area (Å²) in [5.74, 6) is 0.865. The fourth-order valence-electron chi connectivity index (χ4n) is 2.87. The van der Waals surface area contributed by atoms with E-state index in [2.05, 4.69) is 25.1 Å². The molecule has 0 radical (unpaired) electrons. The summed E-state index contributed by atoms with van der Waals surface area (Å²) in [6.45, 7) is 2.19. The van der Waals surface area contributed by atoms with E-state index in [9.17, 15) is 17.2 Å². The van der Waals surface area contributed by atoms with E-state index < -0.39 is 16.6 Å². The molecule has 3 N–H and O–H groups in total. The van der Waals surface area contributed by atoms with Crippen molar-refractivity contribution >= 4 is 16.0 Å². The van der Waals surface area contributed by atoms with Crippen molar-refractivity contribution in [3.8, 4) is 5.75 Å². The topological polar surface area (TPSA) is 91.8 Å². The van der Waals surface area contributed by atoms with Crippen molar-refractivity contribution in [1.29, 1.82) is 0 Å². The summed E-state index contributed by atoms with van der Waals surface area (Å²) in [7, 11) is -3.36. The number of nitrogens with one attached hydrogen (secondary N) is 3. The van der Waals surface area contributed by atoms with Crippen molar-refractivity contribution in [2.24, 2.45) is 10.9 Å². The van der Waals surface area contributed by atoms with Gasteiger partial charge in [-0.15, -0.1) is 0 Å². The fraction of sp³-hybridized carbons (Fsp3) is 0.632. The van der Waals surface area contributed by atoms with Gasteiger partial charge >= 0.3 is 6.61 Å². The third-order valence-corrected chi connectivity index (χ3v) is 6.01. The van der Waals surface area contributed by atoms with E-state index in [0.29, 0.717) is 30.5 Å². The first kappa shape index (κ1) is 23.3. The largest absolute Gasteiger partial charge is 0.434 e. The number of aliphatic imine (C=N–C) groups is 1. The van der Waals surface area contributed by atoms with Crippen molar-refractivity contribution in [1.82, 2.24) is 15.4 Å². The van der Waals surface area contributed by atoms with Crippen molar-refractivity contribution in [2.75, 3.05) is 25.4 Å². The van der Waals surface area contributed by atoms with Crippen LogP contribution in [0.15, 0.2) is 23.2 Å². The van der Waals surface area contributed by atoms with Gasteiger partial charge in [0.05, 0.1) is 12.3 Å². The van der Waals surface area contributed by atoms with Crippen molar-refractivity contribution < 1.29 is 21.9 Å². The maximum absolute atomic E-state index is 12.6. The summed E-state index contributed by atoms with van der Waals surface area (Å²) in [6, 6.07) is 4.92. The highest BCUT2D eigenvalue weighted by Crippen LogP contribution is 2.25. The van der Waals surface area contributed by atoms with Gasteiger partial charge in [-0.2, -0.15) is 8.78 Å². The third-order valence-electron chi connectivity index (χ3n) is 4.66. The van der Waals surface area contributed by atoms with E-state index in [1.807, 2.05) is 13.8 Å². The molecule has 10 heteroatoms. The van der Waals surface area contributed by atoms with Crippen LogP contribution < -0.4 is 20.1 Å². The number of rotatable bonds is 11. The second-order valence-electron chi connectivity index (χ2n) is 7.08. The number of hydrogen-bond donors (Lipinski definition) is 3. The van der Waals surface area contributed by atoms with Gasteiger partial charge in [-0.1, -0.05) is 24.1 Å². The van der Waals surface area contributed by atoms with Gasteiger partial charge in [0.2, 0.25) is 10.0 Å². The Labute approximate surface area is 171 Å². The fourth-order valence-corrected chi connectivity index (χ4v) is 3.87. The zero-order valence-electron chi connectivity index (χ0n) is 16.9. The molecule has 0 atom stereocenters. The number of alkyl halides is 2. The highest BCUT2D eigenvalue weighted by Gasteiger charge is 2.20. The lowest BCUT2D eigenvalue weighted by Gasteiger charge is -2.25. The first-order valence-electron chi connectivity index (χ1n) is 9.83. The summed E-state index contributed by atoms with van der Waals surface area (Å²) in [6.07, 6.45) is 3.32. The van der Waals surface area contributed by atoms with E-state index in [4.69, 9.17) is 0 Å². The predicted octanol–water partition coefficient (Wildman–Crippen LogP) is 2.37. The maximum Gasteiger partial charge on any atom is 0.387 e. The predicted molar refractivity (Wildman–Crippen MR) is 110 cm³/mol. The molecule has 1 aliphatic carbocycles. The minimum absolute atomic E-state index is 0.0751. The standard InChI is InChI=1S/C19H30F2N4O3S/c1-3-22-19(23-9-10-29(26,27)25-12-15-5-4-6-15)24-13-16-11-14(2)7-8-17(16)28-18(20)21/h7-8,11,15,18,25H,3-6,9-10,12-13H2,1-2H3,(H2,22,23,24). The summed E-state index contributed by atoms with van der Waals surface area (Å²) >= 11 is 0. The Morgan fingerprint density at radius 1 is 1.31 bits per heavy atom. The van der Waals surface area contributed by atoms with Crippen LogP contribution in [0.2, 0.25) is 0 Å². The molecule has 1 aromatic carbocycles. The normalized spacial score (nSPS) is 15.3. The molecule has 1 fully saturated rings. The minimum atomic E-state index is -3.36. The average Bonchev–Trinajstić information content (AvgIpc) is 2.59. The quantitative estimate of drug-likeness (QED) is 0.369. The number of halogens is 2. The Morgan fingerprint density at radius 2 is 2.07 bits per heavy atom. The number of benzene rings is 1. The molecular formula is C19H30F2N4O3S. The zero-order valence-corrected chi connectivity index (χ0v) is 17.7. The van der Waals surface area contributed by atoms with Crippen LogP contribution >= 0.6 is 0 Å². The van der Waals surface area contributed by atoms with Crippen LogP contribution in [0.1, 0.15) is 37.3 Å². The van der Waals surface area contributed by atoms with Crippen molar-refractivity contribution in [3.63, 3.8) is 0 Å². The van der Waals surface area contributed by atoms with Gasteiger partial charge in [-0.3, -0.25) is 0 Å².